The van der Waals surface area contributed by atoms with E-state index < -0.39 is 5.60 Å². The monoisotopic (exact) mass is 269 g/mol. The molecule has 108 valence electrons. The van der Waals surface area contributed by atoms with Crippen molar-refractivity contribution in [3.05, 3.63) is 0 Å². The fourth-order valence-electron chi connectivity index (χ4n) is 2.30. The quantitative estimate of drug-likeness (QED) is 0.740. The van der Waals surface area contributed by atoms with Crippen molar-refractivity contribution in [1.82, 2.24) is 21.0 Å². The Kier molecular flexibility index (Phi) is 3.84. The standard InChI is InChI=1S/C12H23N5O2/c1-12(2,3)19-11(18)17-7-5-9(6-8-17)10-13-14-15-16(10)4/h9,14-15H,5-8H2,1-4H3. The summed E-state index contributed by atoms with van der Waals surface area (Å²) in [6.45, 7) is 7.09. The van der Waals surface area contributed by atoms with Gasteiger partial charge in [0.25, 0.3) is 0 Å². The minimum absolute atomic E-state index is 0.219. The predicted molar refractivity (Wildman–Crippen MR) is 72.0 cm³/mol. The molecule has 0 aromatic heterocycles. The van der Waals surface area contributed by atoms with Gasteiger partial charge in [-0.15, -0.1) is 10.6 Å². The Morgan fingerprint density at radius 3 is 2.47 bits per heavy atom. The number of nitrogens with one attached hydrogen (secondary N) is 2. The van der Waals surface area contributed by atoms with Crippen LogP contribution in [0.4, 0.5) is 4.79 Å². The van der Waals surface area contributed by atoms with E-state index in [1.54, 1.807) is 4.90 Å². The number of amides is 1. The molecule has 2 heterocycles. The number of hydrazone groups is 1. The van der Waals surface area contributed by atoms with Gasteiger partial charge in [-0.3, -0.25) is 5.01 Å². The molecular formula is C12H23N5O2. The first kappa shape index (κ1) is 13.9. The van der Waals surface area contributed by atoms with Gasteiger partial charge in [0.1, 0.15) is 11.4 Å². The molecule has 0 saturated carbocycles. The summed E-state index contributed by atoms with van der Waals surface area (Å²) in [4.78, 5) is 13.7. The van der Waals surface area contributed by atoms with Crippen LogP contribution in [0.15, 0.2) is 5.10 Å². The Hall–Kier alpha value is -1.50. The number of rotatable bonds is 1. The number of hydrogen-bond donors (Lipinski definition) is 2. The number of carbonyl (C=O) groups excluding carboxylic acids is 1. The van der Waals surface area contributed by atoms with Crippen LogP contribution in [0.1, 0.15) is 33.6 Å². The third kappa shape index (κ3) is 3.50. The lowest BCUT2D eigenvalue weighted by Crippen LogP contribution is -2.46. The Bertz CT molecular complexity index is 369. The van der Waals surface area contributed by atoms with Crippen molar-refractivity contribution < 1.29 is 9.53 Å². The van der Waals surface area contributed by atoms with Crippen LogP contribution >= 0.6 is 0 Å². The minimum Gasteiger partial charge on any atom is -0.444 e. The summed E-state index contributed by atoms with van der Waals surface area (Å²) in [5.41, 5.74) is 5.22. The number of likely N-dealkylation sites (tertiary alicyclic amines) is 1. The molecule has 2 aliphatic heterocycles. The van der Waals surface area contributed by atoms with Crippen LogP contribution in [0, 0.1) is 5.92 Å². The van der Waals surface area contributed by atoms with Crippen LogP contribution in [-0.4, -0.2) is 47.6 Å². The fourth-order valence-corrected chi connectivity index (χ4v) is 2.30. The lowest BCUT2D eigenvalue weighted by Gasteiger charge is -2.34. The van der Waals surface area contributed by atoms with Gasteiger partial charge in [-0.25, -0.2) is 10.3 Å². The molecule has 0 aromatic carbocycles. The van der Waals surface area contributed by atoms with Crippen LogP contribution in [0.5, 0.6) is 0 Å². The van der Waals surface area contributed by atoms with Crippen molar-refractivity contribution in [2.24, 2.45) is 11.0 Å². The number of hydrogen-bond acceptors (Lipinski definition) is 6. The van der Waals surface area contributed by atoms with Crippen LogP contribution in [0.2, 0.25) is 0 Å². The van der Waals surface area contributed by atoms with Gasteiger partial charge in [-0.1, -0.05) is 0 Å². The van der Waals surface area contributed by atoms with Crippen LogP contribution in [-0.2, 0) is 4.74 Å². The second kappa shape index (κ2) is 5.24. The highest BCUT2D eigenvalue weighted by Gasteiger charge is 2.31. The average Bonchev–Trinajstić information content (AvgIpc) is 2.73. The molecule has 0 unspecified atom stereocenters. The molecular weight excluding hydrogens is 246 g/mol. The van der Waals surface area contributed by atoms with E-state index in [1.165, 1.54) is 0 Å². The number of piperidine rings is 1. The molecule has 0 bridgehead atoms. The summed E-state index contributed by atoms with van der Waals surface area (Å²) in [6.07, 6.45) is 1.60. The SMILES string of the molecule is CN1NNN=C1C1CCN(C(=O)OC(C)(C)C)CC1. The molecule has 0 spiro atoms. The maximum absolute atomic E-state index is 11.9. The normalized spacial score (nSPS) is 21.2. The number of hydrazine groups is 2. The molecule has 1 amide bonds. The number of carbonyl (C=O) groups is 1. The Balaban J connectivity index is 1.84. The van der Waals surface area contributed by atoms with E-state index in [1.807, 2.05) is 32.8 Å². The highest BCUT2D eigenvalue weighted by molar-refractivity contribution is 5.85. The van der Waals surface area contributed by atoms with Gasteiger partial charge in [-0.2, -0.15) is 0 Å². The van der Waals surface area contributed by atoms with E-state index >= 15 is 0 Å². The maximum atomic E-state index is 11.9. The molecule has 2 aliphatic rings. The number of amidine groups is 1. The Labute approximate surface area is 113 Å². The summed E-state index contributed by atoms with van der Waals surface area (Å²) in [6, 6.07) is 0. The van der Waals surface area contributed by atoms with Crippen LogP contribution < -0.4 is 11.1 Å². The summed E-state index contributed by atoms with van der Waals surface area (Å²) < 4.78 is 5.38. The van der Waals surface area contributed by atoms with Gasteiger partial charge in [0.2, 0.25) is 0 Å². The van der Waals surface area contributed by atoms with E-state index in [4.69, 9.17) is 4.74 Å². The third-order valence-electron chi connectivity index (χ3n) is 3.24. The van der Waals surface area contributed by atoms with E-state index in [9.17, 15) is 4.79 Å². The van der Waals surface area contributed by atoms with Crippen LogP contribution in [0.25, 0.3) is 0 Å². The summed E-state index contributed by atoms with van der Waals surface area (Å²) in [7, 11) is 1.93. The van der Waals surface area contributed by atoms with E-state index in [0.29, 0.717) is 19.0 Å². The average molecular weight is 269 g/mol. The van der Waals surface area contributed by atoms with Gasteiger partial charge in [0, 0.05) is 26.1 Å². The summed E-state index contributed by atoms with van der Waals surface area (Å²) in [5.74, 6) is 1.38. The lowest BCUT2D eigenvalue weighted by atomic mass is 9.95. The molecule has 0 atom stereocenters. The third-order valence-corrected chi connectivity index (χ3v) is 3.24. The molecule has 1 saturated heterocycles. The zero-order chi connectivity index (χ0) is 14.0. The highest BCUT2D eigenvalue weighted by atomic mass is 16.6. The molecule has 1 fully saturated rings. The van der Waals surface area contributed by atoms with Crippen LogP contribution in [0.3, 0.4) is 0 Å². The molecule has 7 nitrogen and oxygen atoms in total. The first-order valence-electron chi connectivity index (χ1n) is 6.67. The van der Waals surface area contributed by atoms with Crippen molar-refractivity contribution >= 4 is 11.9 Å². The van der Waals surface area contributed by atoms with Gasteiger partial charge in [0.15, 0.2) is 0 Å². The molecule has 0 radical (unpaired) electrons. The van der Waals surface area contributed by atoms with Crippen molar-refractivity contribution in [2.75, 3.05) is 20.1 Å². The van der Waals surface area contributed by atoms with Crippen molar-refractivity contribution in [3.8, 4) is 0 Å². The van der Waals surface area contributed by atoms with E-state index in [-0.39, 0.29) is 6.09 Å². The van der Waals surface area contributed by atoms with Gasteiger partial charge in [0.05, 0.1) is 0 Å². The van der Waals surface area contributed by atoms with E-state index in [2.05, 4.69) is 16.2 Å². The largest absolute Gasteiger partial charge is 0.444 e. The number of nitrogens with zero attached hydrogens (tertiary/aromatic N) is 3. The second-order valence-electron chi connectivity index (χ2n) is 5.99. The topological polar surface area (TPSA) is 69.2 Å². The first-order chi connectivity index (χ1) is 8.87. The predicted octanol–water partition coefficient (Wildman–Crippen LogP) is 0.902. The molecule has 7 heteroatoms. The van der Waals surface area contributed by atoms with E-state index in [0.717, 1.165) is 18.7 Å². The highest BCUT2D eigenvalue weighted by Crippen LogP contribution is 2.22. The fraction of sp³-hybridized carbons (Fsp3) is 0.833. The molecule has 19 heavy (non-hydrogen) atoms. The zero-order valence-electron chi connectivity index (χ0n) is 12.1. The molecule has 0 aromatic rings. The summed E-state index contributed by atoms with van der Waals surface area (Å²) >= 11 is 0. The van der Waals surface area contributed by atoms with Gasteiger partial charge >= 0.3 is 6.09 Å². The Morgan fingerprint density at radius 2 is 2.00 bits per heavy atom. The van der Waals surface area contributed by atoms with Crippen molar-refractivity contribution in [1.29, 1.82) is 0 Å². The Morgan fingerprint density at radius 1 is 1.37 bits per heavy atom. The molecule has 2 N–H and O–H groups in total. The van der Waals surface area contributed by atoms with Crippen molar-refractivity contribution in [3.63, 3.8) is 0 Å². The van der Waals surface area contributed by atoms with Gasteiger partial charge in [-0.05, 0) is 33.6 Å². The number of ether oxygens (including phenoxy) is 1. The zero-order valence-corrected chi connectivity index (χ0v) is 12.1. The lowest BCUT2D eigenvalue weighted by molar-refractivity contribution is 0.0199. The first-order valence-corrected chi connectivity index (χ1v) is 6.67. The summed E-state index contributed by atoms with van der Waals surface area (Å²) in [5, 5.41) is 6.10. The minimum atomic E-state index is -0.433. The molecule has 2 rings (SSSR count). The smallest absolute Gasteiger partial charge is 0.410 e. The van der Waals surface area contributed by atoms with Crippen molar-refractivity contribution in [2.45, 2.75) is 39.2 Å². The van der Waals surface area contributed by atoms with Gasteiger partial charge < -0.3 is 9.64 Å². The maximum Gasteiger partial charge on any atom is 0.410 e. The molecule has 0 aliphatic carbocycles. The second-order valence-corrected chi connectivity index (χ2v) is 5.99.